The van der Waals surface area contributed by atoms with Crippen LogP contribution in [0.5, 0.6) is 0 Å². The number of nitrogens with zero attached hydrogens (tertiary/aromatic N) is 1. The second kappa shape index (κ2) is 6.23. The number of furan rings is 1. The maximum atomic E-state index is 12.1. The van der Waals surface area contributed by atoms with E-state index < -0.39 is 5.97 Å². The first-order valence-corrected chi connectivity index (χ1v) is 5.99. The molecule has 0 aliphatic rings. The highest BCUT2D eigenvalue weighted by Crippen LogP contribution is 2.15. The molecule has 1 amide bonds. The number of aliphatic carboxylic acids is 1. The Morgan fingerprint density at radius 3 is 2.72 bits per heavy atom. The summed E-state index contributed by atoms with van der Waals surface area (Å²) in [7, 11) is 1.71. The van der Waals surface area contributed by atoms with Crippen molar-refractivity contribution < 1.29 is 19.1 Å². The molecule has 18 heavy (non-hydrogen) atoms. The zero-order valence-electron chi connectivity index (χ0n) is 11.0. The predicted molar refractivity (Wildman–Crippen MR) is 66.5 cm³/mol. The average molecular weight is 253 g/mol. The first-order valence-electron chi connectivity index (χ1n) is 5.99. The number of carbonyl (C=O) groups excluding carboxylic acids is 1. The van der Waals surface area contributed by atoms with Crippen LogP contribution < -0.4 is 0 Å². The van der Waals surface area contributed by atoms with E-state index in [1.54, 1.807) is 11.9 Å². The molecule has 0 saturated heterocycles. The van der Waals surface area contributed by atoms with Crippen molar-refractivity contribution in [1.82, 2.24) is 4.90 Å². The van der Waals surface area contributed by atoms with Gasteiger partial charge in [0, 0.05) is 13.6 Å². The summed E-state index contributed by atoms with van der Waals surface area (Å²) in [5.41, 5.74) is 0.336. The molecule has 100 valence electrons. The molecule has 1 aromatic rings. The monoisotopic (exact) mass is 253 g/mol. The van der Waals surface area contributed by atoms with Crippen molar-refractivity contribution >= 4 is 11.9 Å². The first-order chi connectivity index (χ1) is 8.45. The molecular formula is C13H19NO4. The van der Waals surface area contributed by atoms with Gasteiger partial charge in [-0.2, -0.15) is 0 Å². The number of carbonyl (C=O) groups is 2. The number of rotatable bonds is 6. The molecule has 5 heteroatoms. The minimum Gasteiger partial charge on any atom is -0.481 e. The number of carboxylic acids is 1. The molecule has 1 atom stereocenters. The summed E-state index contributed by atoms with van der Waals surface area (Å²) in [6.07, 6.45) is 2.07. The number of amides is 1. The standard InChI is InChI=1S/C13H19NO4/c1-4-9(2)8-14(3)13(17)10-5-6-18-11(10)7-12(15)16/h5-6,9H,4,7-8H2,1-3H3,(H,15,16). The fourth-order valence-electron chi connectivity index (χ4n) is 1.69. The van der Waals surface area contributed by atoms with Crippen LogP contribution in [0.3, 0.4) is 0 Å². The summed E-state index contributed by atoms with van der Waals surface area (Å²) < 4.78 is 5.05. The molecule has 0 aliphatic carbocycles. The van der Waals surface area contributed by atoms with Crippen molar-refractivity contribution in [2.75, 3.05) is 13.6 Å². The normalized spacial score (nSPS) is 12.2. The van der Waals surface area contributed by atoms with Gasteiger partial charge >= 0.3 is 5.97 Å². The van der Waals surface area contributed by atoms with Crippen LogP contribution in [0, 0.1) is 5.92 Å². The SMILES string of the molecule is CCC(C)CN(C)C(=O)c1ccoc1CC(=O)O. The summed E-state index contributed by atoms with van der Waals surface area (Å²) in [4.78, 5) is 24.4. The highest BCUT2D eigenvalue weighted by Gasteiger charge is 2.20. The lowest BCUT2D eigenvalue weighted by molar-refractivity contribution is -0.136. The highest BCUT2D eigenvalue weighted by atomic mass is 16.4. The summed E-state index contributed by atoms with van der Waals surface area (Å²) in [6.45, 7) is 4.78. The summed E-state index contributed by atoms with van der Waals surface area (Å²) >= 11 is 0. The Hall–Kier alpha value is -1.78. The molecular weight excluding hydrogens is 234 g/mol. The molecule has 0 radical (unpaired) electrons. The fourth-order valence-corrected chi connectivity index (χ4v) is 1.69. The second-order valence-electron chi connectivity index (χ2n) is 4.53. The van der Waals surface area contributed by atoms with Gasteiger partial charge in [-0.05, 0) is 12.0 Å². The van der Waals surface area contributed by atoms with Gasteiger partial charge in [-0.3, -0.25) is 9.59 Å². The first kappa shape index (κ1) is 14.3. The van der Waals surface area contributed by atoms with E-state index in [9.17, 15) is 9.59 Å². The van der Waals surface area contributed by atoms with Crippen molar-refractivity contribution in [3.05, 3.63) is 23.7 Å². The summed E-state index contributed by atoms with van der Waals surface area (Å²) in [6, 6.07) is 1.52. The van der Waals surface area contributed by atoms with Crippen molar-refractivity contribution in [2.24, 2.45) is 5.92 Å². The van der Waals surface area contributed by atoms with Crippen LogP contribution in [-0.4, -0.2) is 35.5 Å². The van der Waals surface area contributed by atoms with Gasteiger partial charge in [-0.1, -0.05) is 20.3 Å². The minimum atomic E-state index is -1.01. The molecule has 0 saturated carbocycles. The molecule has 0 fully saturated rings. The molecule has 1 aromatic heterocycles. The van der Waals surface area contributed by atoms with E-state index >= 15 is 0 Å². The minimum absolute atomic E-state index is 0.194. The van der Waals surface area contributed by atoms with Crippen LogP contribution in [0.2, 0.25) is 0 Å². The van der Waals surface area contributed by atoms with Gasteiger partial charge < -0.3 is 14.4 Å². The lowest BCUT2D eigenvalue weighted by Gasteiger charge is -2.20. The lowest BCUT2D eigenvalue weighted by Crippen LogP contribution is -2.31. The molecule has 5 nitrogen and oxygen atoms in total. The predicted octanol–water partition coefficient (Wildman–Crippen LogP) is 2.02. The number of hydrogen-bond acceptors (Lipinski definition) is 3. The third-order valence-corrected chi connectivity index (χ3v) is 2.92. The quantitative estimate of drug-likeness (QED) is 0.842. The molecule has 0 aromatic carbocycles. The van der Waals surface area contributed by atoms with E-state index in [1.165, 1.54) is 12.3 Å². The third kappa shape index (κ3) is 3.61. The molecule has 0 bridgehead atoms. The van der Waals surface area contributed by atoms with Crippen molar-refractivity contribution in [3.63, 3.8) is 0 Å². The maximum absolute atomic E-state index is 12.1. The highest BCUT2D eigenvalue weighted by molar-refractivity contribution is 5.95. The van der Waals surface area contributed by atoms with Crippen molar-refractivity contribution in [2.45, 2.75) is 26.7 Å². The number of hydrogen-bond donors (Lipinski definition) is 1. The second-order valence-corrected chi connectivity index (χ2v) is 4.53. The van der Waals surface area contributed by atoms with E-state index in [1.807, 2.05) is 0 Å². The Morgan fingerprint density at radius 1 is 1.50 bits per heavy atom. The molecule has 1 rings (SSSR count). The van der Waals surface area contributed by atoms with Gasteiger partial charge in [-0.15, -0.1) is 0 Å². The third-order valence-electron chi connectivity index (χ3n) is 2.92. The van der Waals surface area contributed by atoms with Crippen LogP contribution in [0.25, 0.3) is 0 Å². The van der Waals surface area contributed by atoms with Gasteiger partial charge in [0.2, 0.25) is 0 Å². The maximum Gasteiger partial charge on any atom is 0.311 e. The number of carboxylic acid groups (broad SMARTS) is 1. The Bertz CT molecular complexity index is 424. The van der Waals surface area contributed by atoms with E-state index in [0.717, 1.165) is 6.42 Å². The fraction of sp³-hybridized carbons (Fsp3) is 0.538. The largest absolute Gasteiger partial charge is 0.481 e. The average Bonchev–Trinajstić information content (AvgIpc) is 2.74. The summed E-state index contributed by atoms with van der Waals surface area (Å²) in [5.74, 6) is -0.582. The molecule has 0 spiro atoms. The van der Waals surface area contributed by atoms with Crippen LogP contribution in [-0.2, 0) is 11.2 Å². The van der Waals surface area contributed by atoms with E-state index in [2.05, 4.69) is 13.8 Å². The Morgan fingerprint density at radius 2 is 2.17 bits per heavy atom. The molecule has 1 unspecified atom stereocenters. The lowest BCUT2D eigenvalue weighted by atomic mass is 10.1. The van der Waals surface area contributed by atoms with Gasteiger partial charge in [0.25, 0.3) is 5.91 Å². The van der Waals surface area contributed by atoms with E-state index in [0.29, 0.717) is 18.0 Å². The van der Waals surface area contributed by atoms with Crippen LogP contribution in [0.15, 0.2) is 16.7 Å². The van der Waals surface area contributed by atoms with E-state index in [-0.39, 0.29) is 18.1 Å². The zero-order valence-corrected chi connectivity index (χ0v) is 11.0. The van der Waals surface area contributed by atoms with Crippen molar-refractivity contribution in [3.8, 4) is 0 Å². The van der Waals surface area contributed by atoms with Gasteiger partial charge in [0.05, 0.1) is 11.8 Å². The zero-order chi connectivity index (χ0) is 13.7. The topological polar surface area (TPSA) is 70.8 Å². The van der Waals surface area contributed by atoms with Crippen LogP contribution in [0.1, 0.15) is 36.4 Å². The molecule has 0 aliphatic heterocycles. The van der Waals surface area contributed by atoms with Gasteiger partial charge in [0.15, 0.2) is 0 Å². The van der Waals surface area contributed by atoms with Gasteiger partial charge in [-0.25, -0.2) is 0 Å². The summed E-state index contributed by atoms with van der Waals surface area (Å²) in [5, 5.41) is 8.73. The van der Waals surface area contributed by atoms with Crippen LogP contribution >= 0.6 is 0 Å². The van der Waals surface area contributed by atoms with E-state index in [4.69, 9.17) is 9.52 Å². The van der Waals surface area contributed by atoms with Gasteiger partial charge in [0.1, 0.15) is 12.2 Å². The Kier molecular flexibility index (Phi) is 4.95. The smallest absolute Gasteiger partial charge is 0.311 e. The van der Waals surface area contributed by atoms with Crippen molar-refractivity contribution in [1.29, 1.82) is 0 Å². The Balaban J connectivity index is 2.77. The Labute approximate surface area is 106 Å². The molecule has 1 N–H and O–H groups in total. The van der Waals surface area contributed by atoms with Crippen LogP contribution in [0.4, 0.5) is 0 Å². The molecule has 1 heterocycles.